The molecule has 1 N–H and O–H groups in total. The zero-order valence-electron chi connectivity index (χ0n) is 13.3. The molecule has 1 heterocycles. The molecule has 0 aliphatic carbocycles. The molecular formula is C17H16N2O3S2. The van der Waals surface area contributed by atoms with Gasteiger partial charge in [-0.25, -0.2) is 4.79 Å². The summed E-state index contributed by atoms with van der Waals surface area (Å²) in [6, 6.07) is 11.0. The maximum absolute atomic E-state index is 12.1. The Kier molecular flexibility index (Phi) is 6.41. The van der Waals surface area contributed by atoms with Gasteiger partial charge < -0.3 is 10.1 Å². The highest BCUT2D eigenvalue weighted by Crippen LogP contribution is 2.28. The molecule has 5 nitrogen and oxygen atoms in total. The zero-order chi connectivity index (χ0) is 17.5. The fourth-order valence-corrected chi connectivity index (χ4v) is 3.67. The average molecular weight is 360 g/mol. The molecule has 0 atom stereocenters. The Bertz CT molecular complexity index is 776. The molecule has 2 aromatic rings. The van der Waals surface area contributed by atoms with Crippen LogP contribution in [0.3, 0.4) is 0 Å². The number of hydrogen-bond acceptors (Lipinski definition) is 6. The number of nitriles is 1. The second-order valence-electron chi connectivity index (χ2n) is 4.94. The van der Waals surface area contributed by atoms with E-state index in [4.69, 9.17) is 10.00 Å². The number of carbonyl (C=O) groups is 2. The summed E-state index contributed by atoms with van der Waals surface area (Å²) in [5.41, 5.74) is 2.05. The van der Waals surface area contributed by atoms with Crippen LogP contribution in [0, 0.1) is 18.3 Å². The summed E-state index contributed by atoms with van der Waals surface area (Å²) in [4.78, 5) is 24.7. The molecule has 0 unspecified atom stereocenters. The number of rotatable bonds is 6. The summed E-state index contributed by atoms with van der Waals surface area (Å²) in [7, 11) is 1.31. The van der Waals surface area contributed by atoms with E-state index < -0.39 is 5.97 Å². The van der Waals surface area contributed by atoms with Crippen molar-refractivity contribution in [1.82, 2.24) is 0 Å². The lowest BCUT2D eigenvalue weighted by molar-refractivity contribution is -0.113. The van der Waals surface area contributed by atoms with Gasteiger partial charge in [0, 0.05) is 10.6 Å². The number of nitrogens with zero attached hydrogens (tertiary/aromatic N) is 1. The number of carbonyl (C=O) groups excluding carboxylic acids is 2. The molecular weight excluding hydrogens is 344 g/mol. The Hall–Kier alpha value is -2.30. The standard InChI is InChI=1S/C17H16N2O3S2/c1-11-7-14(17(21)22-2)16(24-11)19-15(20)10-23-9-13-5-3-12(8-18)4-6-13/h3-7H,9-10H2,1-2H3,(H,19,20). The van der Waals surface area contributed by atoms with E-state index in [2.05, 4.69) is 11.4 Å². The monoisotopic (exact) mass is 360 g/mol. The van der Waals surface area contributed by atoms with Crippen LogP contribution in [0.2, 0.25) is 0 Å². The van der Waals surface area contributed by atoms with Gasteiger partial charge in [-0.2, -0.15) is 5.26 Å². The quantitative estimate of drug-likeness (QED) is 0.797. The van der Waals surface area contributed by atoms with E-state index in [1.54, 1.807) is 18.2 Å². The van der Waals surface area contributed by atoms with E-state index in [1.165, 1.54) is 30.2 Å². The molecule has 0 saturated heterocycles. The van der Waals surface area contributed by atoms with Crippen LogP contribution in [0.15, 0.2) is 30.3 Å². The first kappa shape index (κ1) is 18.0. The number of thiophene rings is 1. The topological polar surface area (TPSA) is 79.2 Å². The van der Waals surface area contributed by atoms with E-state index in [1.807, 2.05) is 19.1 Å². The summed E-state index contributed by atoms with van der Waals surface area (Å²) >= 11 is 2.82. The number of nitrogens with one attached hydrogen (secondary N) is 1. The molecule has 0 fully saturated rings. The van der Waals surface area contributed by atoms with Gasteiger partial charge in [-0.15, -0.1) is 23.1 Å². The highest BCUT2D eigenvalue weighted by molar-refractivity contribution is 7.99. The Morgan fingerprint density at radius 1 is 1.33 bits per heavy atom. The van der Waals surface area contributed by atoms with Crippen LogP contribution in [-0.4, -0.2) is 24.7 Å². The molecule has 1 amide bonds. The molecule has 2 rings (SSSR count). The average Bonchev–Trinajstić information content (AvgIpc) is 2.95. The highest BCUT2D eigenvalue weighted by atomic mass is 32.2. The molecule has 24 heavy (non-hydrogen) atoms. The fraction of sp³-hybridized carbons (Fsp3) is 0.235. The van der Waals surface area contributed by atoms with E-state index >= 15 is 0 Å². The smallest absolute Gasteiger partial charge is 0.340 e. The molecule has 0 saturated carbocycles. The molecule has 1 aromatic heterocycles. The number of hydrogen-bond donors (Lipinski definition) is 1. The van der Waals surface area contributed by atoms with Crippen molar-refractivity contribution in [3.8, 4) is 6.07 Å². The second-order valence-corrected chi connectivity index (χ2v) is 7.18. The minimum absolute atomic E-state index is 0.166. The number of methoxy groups -OCH3 is 1. The van der Waals surface area contributed by atoms with Gasteiger partial charge >= 0.3 is 5.97 Å². The number of ether oxygens (including phenoxy) is 1. The van der Waals surface area contributed by atoms with E-state index in [9.17, 15) is 9.59 Å². The van der Waals surface area contributed by atoms with Crippen molar-refractivity contribution < 1.29 is 14.3 Å². The van der Waals surface area contributed by atoms with Gasteiger partial charge in [-0.1, -0.05) is 12.1 Å². The number of esters is 1. The van der Waals surface area contributed by atoms with Crippen LogP contribution in [0.1, 0.15) is 26.4 Å². The molecule has 0 aliphatic heterocycles. The van der Waals surface area contributed by atoms with Gasteiger partial charge in [-0.3, -0.25) is 4.79 Å². The molecule has 7 heteroatoms. The fourth-order valence-electron chi connectivity index (χ4n) is 1.97. The number of benzene rings is 1. The zero-order valence-corrected chi connectivity index (χ0v) is 14.9. The second kappa shape index (κ2) is 8.52. The third-order valence-electron chi connectivity index (χ3n) is 3.10. The van der Waals surface area contributed by atoms with Gasteiger partial charge in [0.25, 0.3) is 0 Å². The van der Waals surface area contributed by atoms with Crippen molar-refractivity contribution in [2.75, 3.05) is 18.2 Å². The van der Waals surface area contributed by atoms with Gasteiger partial charge in [0.2, 0.25) is 5.91 Å². The van der Waals surface area contributed by atoms with Gasteiger partial charge in [-0.05, 0) is 30.7 Å². The number of thioether (sulfide) groups is 1. The first-order valence-corrected chi connectivity index (χ1v) is 9.06. The van der Waals surface area contributed by atoms with Gasteiger partial charge in [0.15, 0.2) is 0 Å². The van der Waals surface area contributed by atoms with Crippen LogP contribution in [0.5, 0.6) is 0 Å². The maximum atomic E-state index is 12.1. The minimum atomic E-state index is -0.458. The molecule has 0 spiro atoms. The van der Waals surface area contributed by atoms with E-state index in [-0.39, 0.29) is 11.7 Å². The van der Waals surface area contributed by atoms with Crippen molar-refractivity contribution in [2.24, 2.45) is 0 Å². The lowest BCUT2D eigenvalue weighted by Gasteiger charge is -2.05. The third-order valence-corrected chi connectivity index (χ3v) is 5.07. The van der Waals surface area contributed by atoms with Crippen molar-refractivity contribution in [3.63, 3.8) is 0 Å². The minimum Gasteiger partial charge on any atom is -0.465 e. The summed E-state index contributed by atoms with van der Waals surface area (Å²) in [6.45, 7) is 1.87. The van der Waals surface area contributed by atoms with Crippen LogP contribution in [-0.2, 0) is 15.3 Å². The summed E-state index contributed by atoms with van der Waals surface area (Å²) in [5, 5.41) is 12.0. The predicted octanol–water partition coefficient (Wildman–Crippen LogP) is 3.59. The third kappa shape index (κ3) is 4.85. The van der Waals surface area contributed by atoms with Gasteiger partial charge in [0.1, 0.15) is 5.00 Å². The van der Waals surface area contributed by atoms with Crippen molar-refractivity contribution in [3.05, 3.63) is 51.9 Å². The van der Waals surface area contributed by atoms with Gasteiger partial charge in [0.05, 0.1) is 30.1 Å². The number of anilines is 1. The van der Waals surface area contributed by atoms with Crippen molar-refractivity contribution >= 4 is 40.0 Å². The van der Waals surface area contributed by atoms with Crippen molar-refractivity contribution in [2.45, 2.75) is 12.7 Å². The summed E-state index contributed by atoms with van der Waals surface area (Å²) < 4.78 is 4.72. The molecule has 124 valence electrons. The first-order valence-electron chi connectivity index (χ1n) is 7.09. The SMILES string of the molecule is COC(=O)c1cc(C)sc1NC(=O)CSCc1ccc(C#N)cc1. The normalized spacial score (nSPS) is 10.0. The van der Waals surface area contributed by atoms with E-state index in [0.29, 0.717) is 21.9 Å². The Balaban J connectivity index is 1.87. The van der Waals surface area contributed by atoms with Crippen LogP contribution in [0.25, 0.3) is 0 Å². The molecule has 0 bridgehead atoms. The van der Waals surface area contributed by atoms with Crippen LogP contribution < -0.4 is 5.32 Å². The Labute approximate surface area is 148 Å². The van der Waals surface area contributed by atoms with E-state index in [0.717, 1.165) is 10.4 Å². The highest BCUT2D eigenvalue weighted by Gasteiger charge is 2.17. The largest absolute Gasteiger partial charge is 0.465 e. The number of aryl methyl sites for hydroxylation is 1. The molecule has 0 aliphatic rings. The van der Waals surface area contributed by atoms with Crippen LogP contribution >= 0.6 is 23.1 Å². The van der Waals surface area contributed by atoms with Crippen molar-refractivity contribution in [1.29, 1.82) is 5.26 Å². The summed E-state index contributed by atoms with van der Waals surface area (Å²) in [6.07, 6.45) is 0. The summed E-state index contributed by atoms with van der Waals surface area (Å²) in [5.74, 6) is 0.324. The lowest BCUT2D eigenvalue weighted by Crippen LogP contribution is -2.15. The van der Waals surface area contributed by atoms with Crippen LogP contribution in [0.4, 0.5) is 5.00 Å². The first-order chi connectivity index (χ1) is 11.5. The Morgan fingerprint density at radius 2 is 2.04 bits per heavy atom. The Morgan fingerprint density at radius 3 is 2.67 bits per heavy atom. The maximum Gasteiger partial charge on any atom is 0.340 e. The lowest BCUT2D eigenvalue weighted by atomic mass is 10.2. The number of amides is 1. The molecule has 1 aromatic carbocycles. The molecule has 0 radical (unpaired) electrons. The predicted molar refractivity (Wildman–Crippen MR) is 96.3 cm³/mol.